The fourth-order valence-corrected chi connectivity index (χ4v) is 3.09. The molecular formula is C15H23N2O4P. The Balaban J connectivity index is 1.93. The SMILES string of the molecule is CCOP(=O)([O-])OC[N+](C)(C)CCc1c[nH]c2ccccc12. The molecule has 0 radical (unpaired) electrons. The smallest absolute Gasteiger partial charge is 0.272 e. The molecule has 122 valence electrons. The van der Waals surface area contributed by atoms with Gasteiger partial charge in [-0.3, -0.25) is 9.09 Å². The van der Waals surface area contributed by atoms with Crippen LogP contribution in [0.5, 0.6) is 0 Å². The summed E-state index contributed by atoms with van der Waals surface area (Å²) in [6, 6.07) is 8.13. The molecular weight excluding hydrogens is 303 g/mol. The van der Waals surface area contributed by atoms with Crippen molar-refractivity contribution in [2.75, 3.05) is 34.0 Å². The lowest BCUT2D eigenvalue weighted by atomic mass is 10.1. The fraction of sp³-hybridized carbons (Fsp3) is 0.467. The van der Waals surface area contributed by atoms with Crippen LogP contribution in [0, 0.1) is 0 Å². The van der Waals surface area contributed by atoms with Crippen molar-refractivity contribution in [2.24, 2.45) is 0 Å². The number of nitrogens with one attached hydrogen (secondary N) is 1. The van der Waals surface area contributed by atoms with Crippen LogP contribution in [-0.2, 0) is 20.0 Å². The Kier molecular flexibility index (Phi) is 5.42. The molecule has 0 spiro atoms. The lowest BCUT2D eigenvalue weighted by Gasteiger charge is -2.32. The average molecular weight is 326 g/mol. The molecule has 22 heavy (non-hydrogen) atoms. The van der Waals surface area contributed by atoms with Gasteiger partial charge in [0.25, 0.3) is 7.82 Å². The molecule has 1 N–H and O–H groups in total. The molecule has 0 aliphatic heterocycles. The van der Waals surface area contributed by atoms with Crippen molar-refractivity contribution < 1.29 is 23.0 Å². The zero-order chi connectivity index (χ0) is 16.2. The van der Waals surface area contributed by atoms with Crippen LogP contribution in [0.15, 0.2) is 30.5 Å². The highest BCUT2D eigenvalue weighted by Crippen LogP contribution is 2.38. The molecule has 1 aromatic carbocycles. The largest absolute Gasteiger partial charge is 0.756 e. The Hall–Kier alpha value is -1.17. The van der Waals surface area contributed by atoms with Gasteiger partial charge in [0, 0.05) is 23.5 Å². The number of benzene rings is 1. The number of H-pyrrole nitrogens is 1. The first-order valence-electron chi connectivity index (χ1n) is 7.30. The third-order valence-corrected chi connectivity index (χ3v) is 4.52. The van der Waals surface area contributed by atoms with E-state index in [1.807, 2.05) is 38.5 Å². The molecule has 0 aliphatic carbocycles. The van der Waals surface area contributed by atoms with Gasteiger partial charge in [0.2, 0.25) is 0 Å². The molecule has 7 heteroatoms. The summed E-state index contributed by atoms with van der Waals surface area (Å²) in [6.45, 7) is 2.52. The summed E-state index contributed by atoms with van der Waals surface area (Å²) in [5.74, 6) is 0. The minimum Gasteiger partial charge on any atom is -0.756 e. The number of likely N-dealkylation sites (N-methyl/N-ethyl adjacent to an activating group) is 1. The average Bonchev–Trinajstić information content (AvgIpc) is 2.87. The molecule has 0 fully saturated rings. The molecule has 0 aliphatic rings. The van der Waals surface area contributed by atoms with Gasteiger partial charge in [0.15, 0.2) is 6.73 Å². The summed E-state index contributed by atoms with van der Waals surface area (Å²) >= 11 is 0. The van der Waals surface area contributed by atoms with Crippen LogP contribution in [0.1, 0.15) is 12.5 Å². The molecule has 2 rings (SSSR count). The number of para-hydroxylation sites is 1. The Morgan fingerprint density at radius 1 is 1.27 bits per heavy atom. The van der Waals surface area contributed by atoms with Crippen LogP contribution in [-0.4, -0.2) is 43.4 Å². The van der Waals surface area contributed by atoms with Gasteiger partial charge in [-0.15, -0.1) is 0 Å². The Labute approximate surface area is 130 Å². The van der Waals surface area contributed by atoms with E-state index in [-0.39, 0.29) is 13.3 Å². The lowest BCUT2D eigenvalue weighted by Crippen LogP contribution is -2.43. The minimum absolute atomic E-state index is 0.0587. The molecule has 0 saturated heterocycles. The maximum absolute atomic E-state index is 11.5. The van der Waals surface area contributed by atoms with Crippen LogP contribution in [0.4, 0.5) is 0 Å². The van der Waals surface area contributed by atoms with Crippen molar-refractivity contribution >= 4 is 18.7 Å². The van der Waals surface area contributed by atoms with Crippen molar-refractivity contribution in [2.45, 2.75) is 13.3 Å². The molecule has 0 amide bonds. The Morgan fingerprint density at radius 3 is 2.73 bits per heavy atom. The number of hydrogen-bond donors (Lipinski definition) is 1. The van der Waals surface area contributed by atoms with E-state index in [1.165, 1.54) is 10.9 Å². The third-order valence-electron chi connectivity index (χ3n) is 3.51. The summed E-state index contributed by atoms with van der Waals surface area (Å²) in [5.41, 5.74) is 2.33. The Bertz CT molecular complexity index is 668. The molecule has 1 aromatic heterocycles. The van der Waals surface area contributed by atoms with E-state index in [4.69, 9.17) is 4.52 Å². The molecule has 6 nitrogen and oxygen atoms in total. The third kappa shape index (κ3) is 4.66. The van der Waals surface area contributed by atoms with Crippen molar-refractivity contribution in [1.82, 2.24) is 4.98 Å². The van der Waals surface area contributed by atoms with Crippen molar-refractivity contribution in [3.05, 3.63) is 36.0 Å². The highest BCUT2D eigenvalue weighted by molar-refractivity contribution is 7.45. The van der Waals surface area contributed by atoms with Crippen molar-refractivity contribution in [3.8, 4) is 0 Å². The number of fused-ring (bicyclic) bond motifs is 1. The predicted octanol–water partition coefficient (Wildman–Crippen LogP) is 2.27. The van der Waals surface area contributed by atoms with Crippen LogP contribution in [0.2, 0.25) is 0 Å². The molecule has 0 saturated carbocycles. The lowest BCUT2D eigenvalue weighted by molar-refractivity contribution is -0.906. The molecule has 1 unspecified atom stereocenters. The standard InChI is InChI=1S/C15H23N2O4P/c1-4-20-22(18,19)21-12-17(2,3)10-9-13-11-16-15-8-6-5-7-14(13)15/h5-8,11,16H,4,9-10,12H2,1-3H3. The van der Waals surface area contributed by atoms with E-state index in [9.17, 15) is 9.46 Å². The summed E-state index contributed by atoms with van der Waals surface area (Å²) in [5, 5.41) is 1.20. The first kappa shape index (κ1) is 17.2. The number of aromatic amines is 1. The van der Waals surface area contributed by atoms with Crippen LogP contribution >= 0.6 is 7.82 Å². The number of hydrogen-bond acceptors (Lipinski definition) is 4. The highest BCUT2D eigenvalue weighted by Gasteiger charge is 2.20. The van der Waals surface area contributed by atoms with E-state index in [0.717, 1.165) is 18.5 Å². The predicted molar refractivity (Wildman–Crippen MR) is 84.2 cm³/mol. The van der Waals surface area contributed by atoms with E-state index in [2.05, 4.69) is 15.6 Å². The number of phosphoric acid groups is 1. The minimum atomic E-state index is -4.18. The van der Waals surface area contributed by atoms with Crippen LogP contribution in [0.3, 0.4) is 0 Å². The maximum Gasteiger partial charge on any atom is 0.272 e. The summed E-state index contributed by atoms with van der Waals surface area (Å²) in [7, 11) is -0.321. The number of nitrogens with zero attached hydrogens (tertiary/aromatic N) is 1. The number of quaternary nitrogens is 1. The maximum atomic E-state index is 11.5. The van der Waals surface area contributed by atoms with E-state index < -0.39 is 7.82 Å². The normalized spacial score (nSPS) is 15.1. The van der Waals surface area contributed by atoms with E-state index in [1.54, 1.807) is 6.92 Å². The zero-order valence-corrected chi connectivity index (χ0v) is 14.1. The first-order chi connectivity index (χ1) is 10.3. The van der Waals surface area contributed by atoms with Crippen LogP contribution < -0.4 is 4.89 Å². The summed E-state index contributed by atoms with van der Waals surface area (Å²) < 4.78 is 21.4. The van der Waals surface area contributed by atoms with E-state index >= 15 is 0 Å². The second-order valence-electron chi connectivity index (χ2n) is 5.89. The summed E-state index contributed by atoms with van der Waals surface area (Å²) in [6.07, 6.45) is 2.84. The van der Waals surface area contributed by atoms with Crippen molar-refractivity contribution in [3.63, 3.8) is 0 Å². The van der Waals surface area contributed by atoms with E-state index in [0.29, 0.717) is 4.48 Å². The molecule has 1 heterocycles. The van der Waals surface area contributed by atoms with Gasteiger partial charge in [-0.1, -0.05) is 18.2 Å². The molecule has 1 atom stereocenters. The van der Waals surface area contributed by atoms with Gasteiger partial charge < -0.3 is 18.9 Å². The topological polar surface area (TPSA) is 74.4 Å². The summed E-state index contributed by atoms with van der Waals surface area (Å²) in [4.78, 5) is 14.7. The number of rotatable bonds is 8. The number of aromatic nitrogens is 1. The van der Waals surface area contributed by atoms with Gasteiger partial charge in [0.1, 0.15) is 0 Å². The van der Waals surface area contributed by atoms with Gasteiger partial charge in [0.05, 0.1) is 27.2 Å². The van der Waals surface area contributed by atoms with Gasteiger partial charge >= 0.3 is 0 Å². The second-order valence-corrected chi connectivity index (χ2v) is 7.30. The van der Waals surface area contributed by atoms with Crippen LogP contribution in [0.25, 0.3) is 10.9 Å². The molecule has 0 bridgehead atoms. The van der Waals surface area contributed by atoms with Crippen molar-refractivity contribution in [1.29, 1.82) is 0 Å². The second kappa shape index (κ2) is 6.94. The zero-order valence-electron chi connectivity index (χ0n) is 13.2. The monoisotopic (exact) mass is 326 g/mol. The first-order valence-corrected chi connectivity index (χ1v) is 8.76. The fourth-order valence-electron chi connectivity index (χ4n) is 2.25. The number of phosphoric ester groups is 1. The van der Waals surface area contributed by atoms with Gasteiger partial charge in [-0.2, -0.15) is 0 Å². The van der Waals surface area contributed by atoms with Gasteiger partial charge in [-0.05, 0) is 18.6 Å². The molecule has 2 aromatic rings. The Morgan fingerprint density at radius 2 is 2.00 bits per heavy atom. The quantitative estimate of drug-likeness (QED) is 0.459. The highest BCUT2D eigenvalue weighted by atomic mass is 31.2. The van der Waals surface area contributed by atoms with Gasteiger partial charge in [-0.25, -0.2) is 0 Å².